The molecule has 14 heavy (non-hydrogen) atoms. The number of ether oxygens (including phenoxy) is 1. The van der Waals surface area contributed by atoms with Gasteiger partial charge in [-0.15, -0.1) is 0 Å². The maximum Gasteiger partial charge on any atom is 0.412 e. The van der Waals surface area contributed by atoms with Crippen LogP contribution in [0.3, 0.4) is 0 Å². The van der Waals surface area contributed by atoms with Gasteiger partial charge in [-0.1, -0.05) is 22.0 Å². The van der Waals surface area contributed by atoms with Gasteiger partial charge in [-0.05, 0) is 32.0 Å². The van der Waals surface area contributed by atoms with Gasteiger partial charge >= 0.3 is 6.09 Å². The average Bonchev–Trinajstić information content (AvgIpc) is 2.01. The Morgan fingerprint density at radius 1 is 1.50 bits per heavy atom. The number of rotatable bonds is 2. The van der Waals surface area contributed by atoms with Crippen molar-refractivity contribution in [2.45, 2.75) is 19.9 Å². The molecule has 0 fully saturated rings. The predicted octanol–water partition coefficient (Wildman–Crippen LogP) is 2.95. The SMILES string of the molecule is CC(C)NC(=O)Oc1cccc(Br)c1. The smallest absolute Gasteiger partial charge is 0.410 e. The fourth-order valence-electron chi connectivity index (χ4n) is 0.903. The summed E-state index contributed by atoms with van der Waals surface area (Å²) in [6, 6.07) is 7.22. The third-order valence-electron chi connectivity index (χ3n) is 1.41. The minimum Gasteiger partial charge on any atom is -0.410 e. The van der Waals surface area contributed by atoms with Gasteiger partial charge in [0.1, 0.15) is 5.75 Å². The van der Waals surface area contributed by atoms with Crippen molar-refractivity contribution in [2.75, 3.05) is 0 Å². The molecule has 1 rings (SSSR count). The zero-order valence-corrected chi connectivity index (χ0v) is 9.67. The van der Waals surface area contributed by atoms with Gasteiger partial charge in [0.2, 0.25) is 0 Å². The molecule has 0 aliphatic heterocycles. The third-order valence-corrected chi connectivity index (χ3v) is 1.91. The lowest BCUT2D eigenvalue weighted by molar-refractivity contribution is 0.197. The Labute approximate surface area is 91.6 Å². The topological polar surface area (TPSA) is 38.3 Å². The van der Waals surface area contributed by atoms with E-state index in [9.17, 15) is 4.79 Å². The maximum atomic E-state index is 11.2. The van der Waals surface area contributed by atoms with Crippen LogP contribution in [0.1, 0.15) is 13.8 Å². The quantitative estimate of drug-likeness (QED) is 0.885. The summed E-state index contributed by atoms with van der Waals surface area (Å²) >= 11 is 3.29. The molecule has 0 atom stereocenters. The van der Waals surface area contributed by atoms with Crippen molar-refractivity contribution in [3.63, 3.8) is 0 Å². The molecule has 1 aromatic rings. The minimum absolute atomic E-state index is 0.0784. The average molecular weight is 258 g/mol. The van der Waals surface area contributed by atoms with Gasteiger partial charge in [-0.2, -0.15) is 0 Å². The Hall–Kier alpha value is -1.03. The van der Waals surface area contributed by atoms with Crippen LogP contribution in [-0.4, -0.2) is 12.1 Å². The molecule has 0 radical (unpaired) electrons. The highest BCUT2D eigenvalue weighted by Crippen LogP contribution is 2.17. The molecule has 0 saturated carbocycles. The van der Waals surface area contributed by atoms with Gasteiger partial charge in [0, 0.05) is 10.5 Å². The summed E-state index contributed by atoms with van der Waals surface area (Å²) in [4.78, 5) is 11.2. The molecule has 0 aliphatic carbocycles. The number of amides is 1. The highest BCUT2D eigenvalue weighted by Gasteiger charge is 2.05. The lowest BCUT2D eigenvalue weighted by atomic mass is 10.3. The first-order valence-electron chi connectivity index (χ1n) is 4.32. The molecule has 0 heterocycles. The van der Waals surface area contributed by atoms with Crippen molar-refractivity contribution in [1.82, 2.24) is 5.32 Å². The molecule has 0 aliphatic rings. The van der Waals surface area contributed by atoms with Crippen molar-refractivity contribution in [1.29, 1.82) is 0 Å². The van der Waals surface area contributed by atoms with Gasteiger partial charge < -0.3 is 10.1 Å². The molecule has 1 amide bonds. The Morgan fingerprint density at radius 2 is 2.21 bits per heavy atom. The van der Waals surface area contributed by atoms with Crippen LogP contribution in [0.15, 0.2) is 28.7 Å². The van der Waals surface area contributed by atoms with E-state index in [0.29, 0.717) is 5.75 Å². The van der Waals surface area contributed by atoms with Crippen LogP contribution in [0.4, 0.5) is 4.79 Å². The Morgan fingerprint density at radius 3 is 2.79 bits per heavy atom. The van der Waals surface area contributed by atoms with E-state index >= 15 is 0 Å². The first-order chi connectivity index (χ1) is 6.58. The maximum absolute atomic E-state index is 11.2. The lowest BCUT2D eigenvalue weighted by Gasteiger charge is -2.08. The van der Waals surface area contributed by atoms with Crippen molar-refractivity contribution in [2.24, 2.45) is 0 Å². The summed E-state index contributed by atoms with van der Waals surface area (Å²) in [6.07, 6.45) is -0.432. The third kappa shape index (κ3) is 3.79. The number of benzene rings is 1. The summed E-state index contributed by atoms with van der Waals surface area (Å²) < 4.78 is 5.91. The van der Waals surface area contributed by atoms with Crippen molar-refractivity contribution in [3.8, 4) is 5.75 Å². The van der Waals surface area contributed by atoms with E-state index in [4.69, 9.17) is 4.74 Å². The second-order valence-electron chi connectivity index (χ2n) is 3.15. The largest absolute Gasteiger partial charge is 0.412 e. The molecule has 4 heteroatoms. The van der Waals surface area contributed by atoms with E-state index in [1.54, 1.807) is 12.1 Å². The van der Waals surface area contributed by atoms with Crippen LogP contribution in [0.2, 0.25) is 0 Å². The van der Waals surface area contributed by atoms with E-state index < -0.39 is 6.09 Å². The second-order valence-corrected chi connectivity index (χ2v) is 4.06. The molecule has 0 aromatic heterocycles. The predicted molar refractivity (Wildman–Crippen MR) is 58.4 cm³/mol. The van der Waals surface area contributed by atoms with Gasteiger partial charge in [0.05, 0.1) is 0 Å². The molecule has 0 spiro atoms. The molecular weight excluding hydrogens is 246 g/mol. The van der Waals surface area contributed by atoms with Crippen LogP contribution in [0, 0.1) is 0 Å². The second kappa shape index (κ2) is 5.00. The fraction of sp³-hybridized carbons (Fsp3) is 0.300. The number of halogens is 1. The molecule has 1 N–H and O–H groups in total. The Bertz CT molecular complexity index is 326. The molecule has 76 valence electrons. The highest BCUT2D eigenvalue weighted by molar-refractivity contribution is 9.10. The first kappa shape index (κ1) is 11.0. The van der Waals surface area contributed by atoms with E-state index in [0.717, 1.165) is 4.47 Å². The monoisotopic (exact) mass is 257 g/mol. The molecule has 0 unspecified atom stereocenters. The van der Waals surface area contributed by atoms with Crippen LogP contribution in [0.25, 0.3) is 0 Å². The first-order valence-corrected chi connectivity index (χ1v) is 5.11. The lowest BCUT2D eigenvalue weighted by Crippen LogP contribution is -2.32. The number of carbonyl (C=O) groups is 1. The number of nitrogens with one attached hydrogen (secondary N) is 1. The normalized spacial score (nSPS) is 10.0. The van der Waals surface area contributed by atoms with Crippen LogP contribution in [0.5, 0.6) is 5.75 Å². The number of hydrogen-bond acceptors (Lipinski definition) is 2. The van der Waals surface area contributed by atoms with E-state index in [2.05, 4.69) is 21.2 Å². The van der Waals surface area contributed by atoms with Crippen LogP contribution < -0.4 is 10.1 Å². The Kier molecular flexibility index (Phi) is 3.95. The van der Waals surface area contributed by atoms with Crippen molar-refractivity contribution in [3.05, 3.63) is 28.7 Å². The van der Waals surface area contributed by atoms with Crippen molar-refractivity contribution >= 4 is 22.0 Å². The summed E-state index contributed by atoms with van der Waals surface area (Å²) in [5, 5.41) is 2.63. The van der Waals surface area contributed by atoms with Crippen LogP contribution >= 0.6 is 15.9 Å². The summed E-state index contributed by atoms with van der Waals surface area (Å²) in [5.41, 5.74) is 0. The van der Waals surface area contributed by atoms with Gasteiger partial charge in [0.25, 0.3) is 0 Å². The Balaban J connectivity index is 2.56. The zero-order chi connectivity index (χ0) is 10.6. The van der Waals surface area contributed by atoms with Crippen molar-refractivity contribution < 1.29 is 9.53 Å². The van der Waals surface area contributed by atoms with E-state index in [1.807, 2.05) is 26.0 Å². The summed E-state index contributed by atoms with van der Waals surface area (Å²) in [5.74, 6) is 0.525. The van der Waals surface area contributed by atoms with Gasteiger partial charge in [-0.3, -0.25) is 0 Å². The van der Waals surface area contributed by atoms with Gasteiger partial charge in [0.15, 0.2) is 0 Å². The molecule has 3 nitrogen and oxygen atoms in total. The van der Waals surface area contributed by atoms with Crippen LogP contribution in [-0.2, 0) is 0 Å². The molecule has 0 saturated heterocycles. The standard InChI is InChI=1S/C10H12BrNO2/c1-7(2)12-10(13)14-9-5-3-4-8(11)6-9/h3-7H,1-2H3,(H,12,13). The molecular formula is C10H12BrNO2. The molecule has 0 bridgehead atoms. The number of carbonyl (C=O) groups excluding carboxylic acids is 1. The minimum atomic E-state index is -0.432. The summed E-state index contributed by atoms with van der Waals surface area (Å²) in [6.45, 7) is 3.75. The van der Waals surface area contributed by atoms with E-state index in [-0.39, 0.29) is 6.04 Å². The molecule has 1 aromatic carbocycles. The fourth-order valence-corrected chi connectivity index (χ4v) is 1.28. The van der Waals surface area contributed by atoms with E-state index in [1.165, 1.54) is 0 Å². The van der Waals surface area contributed by atoms with Gasteiger partial charge in [-0.25, -0.2) is 4.79 Å². The highest BCUT2D eigenvalue weighted by atomic mass is 79.9. The summed E-state index contributed by atoms with van der Waals surface area (Å²) in [7, 11) is 0. The number of hydrogen-bond donors (Lipinski definition) is 1. The zero-order valence-electron chi connectivity index (χ0n) is 8.08.